The van der Waals surface area contributed by atoms with E-state index in [0.29, 0.717) is 5.69 Å². The van der Waals surface area contributed by atoms with Gasteiger partial charge in [-0.3, -0.25) is 19.8 Å². The molecule has 1 aliphatic carbocycles. The van der Waals surface area contributed by atoms with Crippen molar-refractivity contribution < 1.29 is 9.90 Å². The quantitative estimate of drug-likeness (QED) is 0.571. The largest absolute Gasteiger partial charge is 0.393 e. The average molecular weight is 434 g/mol. The minimum absolute atomic E-state index is 0.0977. The summed E-state index contributed by atoms with van der Waals surface area (Å²) in [4.78, 5) is 19.7. The second kappa shape index (κ2) is 9.38. The summed E-state index contributed by atoms with van der Waals surface area (Å²) >= 11 is 0. The van der Waals surface area contributed by atoms with Crippen molar-refractivity contribution in [2.75, 3.05) is 13.1 Å². The predicted molar refractivity (Wildman–Crippen MR) is 124 cm³/mol. The van der Waals surface area contributed by atoms with Gasteiger partial charge in [-0.2, -0.15) is 5.10 Å². The van der Waals surface area contributed by atoms with E-state index in [4.69, 9.17) is 0 Å². The summed E-state index contributed by atoms with van der Waals surface area (Å²) in [5.41, 5.74) is 4.53. The van der Waals surface area contributed by atoms with E-state index in [1.807, 2.05) is 30.6 Å². The zero-order valence-corrected chi connectivity index (χ0v) is 18.4. The minimum atomic E-state index is -0.165. The highest BCUT2D eigenvalue weighted by molar-refractivity contribution is 6.05. The zero-order valence-electron chi connectivity index (χ0n) is 18.4. The maximum atomic E-state index is 12.9. The number of aromatic amines is 1. The van der Waals surface area contributed by atoms with Crippen LogP contribution in [-0.2, 0) is 6.54 Å². The van der Waals surface area contributed by atoms with Crippen molar-refractivity contribution in [2.45, 2.75) is 63.6 Å². The fourth-order valence-electron chi connectivity index (χ4n) is 4.93. The monoisotopic (exact) mass is 433 g/mol. The number of nitrogens with one attached hydrogen (secondary N) is 2. The Morgan fingerprint density at radius 3 is 2.69 bits per heavy atom. The Labute approximate surface area is 188 Å². The van der Waals surface area contributed by atoms with E-state index in [9.17, 15) is 9.90 Å². The van der Waals surface area contributed by atoms with Crippen molar-refractivity contribution in [3.05, 3.63) is 47.9 Å². The molecule has 0 bridgehead atoms. The molecule has 3 heterocycles. The van der Waals surface area contributed by atoms with Crippen LogP contribution in [0.15, 0.2) is 36.7 Å². The lowest BCUT2D eigenvalue weighted by Crippen LogP contribution is -2.36. The molecule has 7 heteroatoms. The molecule has 2 aromatic heterocycles. The molecule has 0 spiro atoms. The SMILES string of the molecule is O=C(NC1CCCCC1)c1n[nH]c2ccc(-c3cncc(CN4CCC(O)CC4)c3)cc12. The van der Waals surface area contributed by atoms with E-state index in [-0.39, 0.29) is 18.1 Å². The van der Waals surface area contributed by atoms with Gasteiger partial charge in [-0.25, -0.2) is 0 Å². The van der Waals surface area contributed by atoms with Crippen LogP contribution in [0, 0.1) is 0 Å². The second-order valence-corrected chi connectivity index (χ2v) is 9.23. The highest BCUT2D eigenvalue weighted by atomic mass is 16.3. The number of pyridine rings is 1. The van der Waals surface area contributed by atoms with Crippen LogP contribution < -0.4 is 5.32 Å². The zero-order chi connectivity index (χ0) is 21.9. The van der Waals surface area contributed by atoms with Gasteiger partial charge in [0.2, 0.25) is 0 Å². The van der Waals surface area contributed by atoms with Crippen LogP contribution in [0.5, 0.6) is 0 Å². The van der Waals surface area contributed by atoms with E-state index >= 15 is 0 Å². The number of nitrogens with zero attached hydrogens (tertiary/aromatic N) is 3. The molecule has 5 rings (SSSR count). The molecular formula is C25H31N5O2. The van der Waals surface area contributed by atoms with Crippen LogP contribution in [0.1, 0.15) is 61.0 Å². The summed E-state index contributed by atoms with van der Waals surface area (Å²) in [7, 11) is 0. The molecule has 1 amide bonds. The van der Waals surface area contributed by atoms with Crippen LogP contribution in [0.25, 0.3) is 22.0 Å². The first kappa shape index (κ1) is 21.1. The third-order valence-corrected chi connectivity index (χ3v) is 6.81. The average Bonchev–Trinajstić information content (AvgIpc) is 3.25. The van der Waals surface area contributed by atoms with Crippen molar-refractivity contribution in [1.29, 1.82) is 0 Å². The van der Waals surface area contributed by atoms with Gasteiger partial charge in [0.15, 0.2) is 5.69 Å². The molecule has 2 fully saturated rings. The first-order valence-electron chi connectivity index (χ1n) is 11.8. The van der Waals surface area contributed by atoms with Crippen LogP contribution in [0.4, 0.5) is 0 Å². The third-order valence-electron chi connectivity index (χ3n) is 6.81. The molecule has 3 N–H and O–H groups in total. The Kier molecular flexibility index (Phi) is 6.19. The molecule has 1 saturated heterocycles. The number of fused-ring (bicyclic) bond motifs is 1. The van der Waals surface area contributed by atoms with Crippen LogP contribution in [0.2, 0.25) is 0 Å². The van der Waals surface area contributed by atoms with E-state index in [2.05, 4.69) is 31.5 Å². The summed E-state index contributed by atoms with van der Waals surface area (Å²) in [6, 6.07) is 8.48. The van der Waals surface area contributed by atoms with Gasteiger partial charge in [-0.15, -0.1) is 0 Å². The Bertz CT molecular complexity index is 1080. The maximum absolute atomic E-state index is 12.9. The second-order valence-electron chi connectivity index (χ2n) is 9.23. The highest BCUT2D eigenvalue weighted by Gasteiger charge is 2.21. The Morgan fingerprint density at radius 2 is 1.88 bits per heavy atom. The van der Waals surface area contributed by atoms with Crippen LogP contribution in [0.3, 0.4) is 0 Å². The number of aliphatic hydroxyl groups is 1. The number of likely N-dealkylation sites (tertiary alicyclic amines) is 1. The number of aliphatic hydroxyl groups excluding tert-OH is 1. The number of carbonyl (C=O) groups is 1. The summed E-state index contributed by atoms with van der Waals surface area (Å²) < 4.78 is 0. The lowest BCUT2D eigenvalue weighted by Gasteiger charge is -2.29. The number of hydrogen-bond acceptors (Lipinski definition) is 5. The number of carbonyl (C=O) groups excluding carboxylic acids is 1. The minimum Gasteiger partial charge on any atom is -0.393 e. The van der Waals surface area contributed by atoms with Gasteiger partial charge < -0.3 is 10.4 Å². The van der Waals surface area contributed by atoms with Crippen molar-refractivity contribution in [2.24, 2.45) is 0 Å². The van der Waals surface area contributed by atoms with Crippen molar-refractivity contribution >= 4 is 16.8 Å². The maximum Gasteiger partial charge on any atom is 0.272 e. The van der Waals surface area contributed by atoms with E-state index in [1.54, 1.807) is 0 Å². The lowest BCUT2D eigenvalue weighted by atomic mass is 9.95. The standard InChI is InChI=1S/C25H31N5O2/c31-21-8-10-30(11-9-21)16-17-12-19(15-26-14-17)18-6-7-23-22(13-18)24(29-28-23)25(32)27-20-4-2-1-3-5-20/h6-7,12-15,20-21,31H,1-5,8-11,16H2,(H,27,32)(H,28,29). The third kappa shape index (κ3) is 4.69. The first-order chi connectivity index (χ1) is 15.7. The number of H-pyrrole nitrogens is 1. The van der Waals surface area contributed by atoms with Gasteiger partial charge in [0.25, 0.3) is 5.91 Å². The van der Waals surface area contributed by atoms with Crippen molar-refractivity contribution in [1.82, 2.24) is 25.4 Å². The summed E-state index contributed by atoms with van der Waals surface area (Å²) in [5.74, 6) is -0.0977. The lowest BCUT2D eigenvalue weighted by molar-refractivity contribution is 0.0792. The predicted octanol–water partition coefficient (Wildman–Crippen LogP) is 3.64. The van der Waals surface area contributed by atoms with Crippen LogP contribution in [-0.4, -0.2) is 56.3 Å². The van der Waals surface area contributed by atoms with Crippen molar-refractivity contribution in [3.8, 4) is 11.1 Å². The Hall–Kier alpha value is -2.77. The molecule has 1 aromatic carbocycles. The molecule has 3 aromatic rings. The number of hydrogen-bond donors (Lipinski definition) is 3. The van der Waals surface area contributed by atoms with E-state index in [0.717, 1.165) is 72.9 Å². The number of aromatic nitrogens is 3. The van der Waals surface area contributed by atoms with E-state index in [1.165, 1.54) is 19.3 Å². The fourth-order valence-corrected chi connectivity index (χ4v) is 4.93. The fraction of sp³-hybridized carbons (Fsp3) is 0.480. The van der Waals surface area contributed by atoms with E-state index < -0.39 is 0 Å². The molecule has 0 unspecified atom stereocenters. The molecule has 1 saturated carbocycles. The normalized spacial score (nSPS) is 18.8. The smallest absolute Gasteiger partial charge is 0.272 e. The number of piperidine rings is 1. The molecule has 2 aliphatic rings. The van der Waals surface area contributed by atoms with Crippen LogP contribution >= 0.6 is 0 Å². The first-order valence-corrected chi connectivity index (χ1v) is 11.8. The van der Waals surface area contributed by atoms with Gasteiger partial charge in [0.1, 0.15) is 0 Å². The molecule has 168 valence electrons. The van der Waals surface area contributed by atoms with Gasteiger partial charge in [0, 0.05) is 49.0 Å². The van der Waals surface area contributed by atoms with Gasteiger partial charge >= 0.3 is 0 Å². The molecule has 1 aliphatic heterocycles. The molecular weight excluding hydrogens is 402 g/mol. The number of rotatable bonds is 5. The molecule has 7 nitrogen and oxygen atoms in total. The topological polar surface area (TPSA) is 94.1 Å². The molecule has 0 radical (unpaired) electrons. The molecule has 32 heavy (non-hydrogen) atoms. The number of amides is 1. The summed E-state index contributed by atoms with van der Waals surface area (Å²) in [6.45, 7) is 2.65. The number of benzene rings is 1. The van der Waals surface area contributed by atoms with Gasteiger partial charge in [0.05, 0.1) is 11.6 Å². The highest BCUT2D eigenvalue weighted by Crippen LogP contribution is 2.27. The summed E-state index contributed by atoms with van der Waals surface area (Å²) in [5, 5.41) is 21.1. The Balaban J connectivity index is 1.35. The van der Waals surface area contributed by atoms with Crippen molar-refractivity contribution in [3.63, 3.8) is 0 Å². The Morgan fingerprint density at radius 1 is 1.06 bits per heavy atom. The van der Waals surface area contributed by atoms with Gasteiger partial charge in [-0.1, -0.05) is 25.3 Å². The summed E-state index contributed by atoms with van der Waals surface area (Å²) in [6.07, 6.45) is 11.0. The molecule has 0 atom stereocenters. The van der Waals surface area contributed by atoms with Gasteiger partial charge in [-0.05, 0) is 55.0 Å².